The maximum Gasteiger partial charge on any atom is 0.507 e. The molecule has 0 saturated heterocycles. The molecule has 0 unspecified atom stereocenters. The van der Waals surface area contributed by atoms with Gasteiger partial charge in [-0.15, -0.1) is 0 Å². The molecule has 0 spiro atoms. The number of fused-ring (bicyclic) bond motifs is 1. The Morgan fingerprint density at radius 3 is 2.23 bits per heavy atom. The zero-order valence-electron chi connectivity index (χ0n) is 10.0. The fraction of sp³-hybridized carbons (Fsp3) is 0.300. The number of anilines is 1. The third-order valence-corrected chi connectivity index (χ3v) is 2.96. The molecule has 122 valence electrons. The van der Waals surface area contributed by atoms with Gasteiger partial charge in [-0.1, -0.05) is 0 Å². The third kappa shape index (κ3) is 2.91. The van der Waals surface area contributed by atoms with E-state index in [-0.39, 0.29) is 4.47 Å². The molecular formula is C10H4BrF7N2O2. The standard InChI is InChI=1S/C10H4BrF7N2O2/c11-3-1-4-7(22-10(17,18)9(15,16)21-4)5(19)6(3)20-2-8(12,13)14/h1-2H,19H2. The molecule has 12 heteroatoms. The van der Waals surface area contributed by atoms with Crippen molar-refractivity contribution in [1.29, 1.82) is 0 Å². The molecule has 22 heavy (non-hydrogen) atoms. The normalized spacial score (nSPS) is 19.5. The first kappa shape index (κ1) is 16.6. The van der Waals surface area contributed by atoms with E-state index in [0.29, 0.717) is 6.07 Å². The van der Waals surface area contributed by atoms with Crippen LogP contribution in [0.15, 0.2) is 15.5 Å². The second-order valence-electron chi connectivity index (χ2n) is 3.99. The summed E-state index contributed by atoms with van der Waals surface area (Å²) in [5, 5.41) is 0. The Morgan fingerprint density at radius 1 is 1.14 bits per heavy atom. The van der Waals surface area contributed by atoms with Crippen molar-refractivity contribution in [2.45, 2.75) is 18.4 Å². The molecule has 0 aromatic heterocycles. The van der Waals surface area contributed by atoms with E-state index in [1.807, 2.05) is 0 Å². The van der Waals surface area contributed by atoms with Gasteiger partial charge in [0.2, 0.25) is 0 Å². The van der Waals surface area contributed by atoms with E-state index in [0.717, 1.165) is 0 Å². The molecule has 1 aliphatic heterocycles. The van der Waals surface area contributed by atoms with Crippen molar-refractivity contribution in [1.82, 2.24) is 0 Å². The lowest BCUT2D eigenvalue weighted by Gasteiger charge is -2.32. The number of nitrogen functional groups attached to an aromatic ring is 1. The molecule has 0 saturated carbocycles. The van der Waals surface area contributed by atoms with Crippen LogP contribution in [-0.2, 0) is 0 Å². The van der Waals surface area contributed by atoms with E-state index in [4.69, 9.17) is 5.73 Å². The number of rotatable bonds is 1. The summed E-state index contributed by atoms with van der Waals surface area (Å²) in [5.41, 5.74) is 3.91. The smallest absolute Gasteiger partial charge is 0.421 e. The highest BCUT2D eigenvalue weighted by atomic mass is 79.9. The van der Waals surface area contributed by atoms with Crippen molar-refractivity contribution in [3.8, 4) is 11.5 Å². The van der Waals surface area contributed by atoms with Gasteiger partial charge in [-0.2, -0.15) is 30.7 Å². The van der Waals surface area contributed by atoms with Gasteiger partial charge in [0, 0.05) is 10.5 Å². The summed E-state index contributed by atoms with van der Waals surface area (Å²) in [6.45, 7) is 0. The number of hydrogen-bond acceptors (Lipinski definition) is 4. The van der Waals surface area contributed by atoms with Gasteiger partial charge in [-0.05, 0) is 15.9 Å². The lowest BCUT2D eigenvalue weighted by Crippen LogP contribution is -2.52. The van der Waals surface area contributed by atoms with E-state index in [9.17, 15) is 30.7 Å². The predicted octanol–water partition coefficient (Wildman–Crippen LogP) is 4.25. The Morgan fingerprint density at radius 2 is 1.68 bits per heavy atom. The van der Waals surface area contributed by atoms with Crippen LogP contribution in [0.25, 0.3) is 0 Å². The van der Waals surface area contributed by atoms with Crippen LogP contribution in [0.4, 0.5) is 42.1 Å². The average molecular weight is 397 g/mol. The topological polar surface area (TPSA) is 56.8 Å². The van der Waals surface area contributed by atoms with Gasteiger partial charge in [0.05, 0.1) is 0 Å². The first-order chi connectivity index (χ1) is 9.84. The number of nitrogens with two attached hydrogens (primary N) is 1. The number of alkyl halides is 7. The summed E-state index contributed by atoms with van der Waals surface area (Å²) < 4.78 is 95.7. The van der Waals surface area contributed by atoms with Gasteiger partial charge >= 0.3 is 18.4 Å². The van der Waals surface area contributed by atoms with Gasteiger partial charge in [0.1, 0.15) is 17.6 Å². The first-order valence-corrected chi connectivity index (χ1v) is 6.01. The van der Waals surface area contributed by atoms with E-state index < -0.39 is 47.5 Å². The molecule has 0 aliphatic carbocycles. The van der Waals surface area contributed by atoms with E-state index in [1.165, 1.54) is 0 Å². The van der Waals surface area contributed by atoms with Crippen molar-refractivity contribution < 1.29 is 40.2 Å². The molecule has 1 aromatic rings. The van der Waals surface area contributed by atoms with Crippen LogP contribution < -0.4 is 15.2 Å². The molecular weight excluding hydrogens is 393 g/mol. The monoisotopic (exact) mass is 396 g/mol. The maximum absolute atomic E-state index is 13.1. The summed E-state index contributed by atoms with van der Waals surface area (Å²) in [6.07, 6.45) is -15.3. The zero-order valence-corrected chi connectivity index (χ0v) is 11.6. The molecule has 0 fully saturated rings. The highest BCUT2D eigenvalue weighted by molar-refractivity contribution is 9.10. The number of hydrogen-bond donors (Lipinski definition) is 1. The Balaban J connectivity index is 2.55. The summed E-state index contributed by atoms with van der Waals surface area (Å²) in [5.74, 6) is -1.90. The van der Waals surface area contributed by atoms with Crippen molar-refractivity contribution in [3.05, 3.63) is 10.5 Å². The Kier molecular flexibility index (Phi) is 3.70. The highest BCUT2D eigenvalue weighted by Gasteiger charge is 2.66. The van der Waals surface area contributed by atoms with Gasteiger partial charge < -0.3 is 15.2 Å². The van der Waals surface area contributed by atoms with Crippen molar-refractivity contribution in [3.63, 3.8) is 0 Å². The molecule has 2 N–H and O–H groups in total. The van der Waals surface area contributed by atoms with Crippen molar-refractivity contribution >= 4 is 33.5 Å². The summed E-state index contributed by atoms with van der Waals surface area (Å²) in [6, 6.07) is 0.692. The molecule has 1 heterocycles. The average Bonchev–Trinajstić information content (AvgIpc) is 2.30. The SMILES string of the molecule is Nc1c(N=CC(F)(F)F)c(Br)cc2c1OC(F)(F)C(F)(F)O2. The van der Waals surface area contributed by atoms with Crippen molar-refractivity contribution in [2.24, 2.45) is 4.99 Å². The lowest BCUT2D eigenvalue weighted by atomic mass is 10.2. The number of aliphatic imine (C=N–C) groups is 1. The highest BCUT2D eigenvalue weighted by Crippen LogP contribution is 2.53. The van der Waals surface area contributed by atoms with Crippen molar-refractivity contribution in [2.75, 3.05) is 5.73 Å². The van der Waals surface area contributed by atoms with Gasteiger partial charge in [0.15, 0.2) is 11.5 Å². The second kappa shape index (κ2) is 4.89. The Hall–Kier alpha value is -1.72. The third-order valence-electron chi connectivity index (χ3n) is 2.35. The molecule has 4 nitrogen and oxygen atoms in total. The quantitative estimate of drug-likeness (QED) is 0.438. The van der Waals surface area contributed by atoms with Gasteiger partial charge in [-0.3, -0.25) is 0 Å². The van der Waals surface area contributed by atoms with Gasteiger partial charge in [0.25, 0.3) is 0 Å². The summed E-state index contributed by atoms with van der Waals surface area (Å²) in [4.78, 5) is 2.98. The largest absolute Gasteiger partial charge is 0.507 e. The van der Waals surface area contributed by atoms with Crippen LogP contribution in [-0.4, -0.2) is 24.6 Å². The number of nitrogens with zero attached hydrogens (tertiary/aromatic N) is 1. The number of halogens is 8. The van der Waals surface area contributed by atoms with E-state index >= 15 is 0 Å². The minimum atomic E-state index is -5.05. The van der Waals surface area contributed by atoms with Crippen LogP contribution in [0, 0.1) is 0 Å². The van der Waals surface area contributed by atoms with E-state index in [1.54, 1.807) is 0 Å². The summed E-state index contributed by atoms with van der Waals surface area (Å²) in [7, 11) is 0. The minimum Gasteiger partial charge on any atom is -0.421 e. The number of ether oxygens (including phenoxy) is 2. The molecule has 0 radical (unpaired) electrons. The fourth-order valence-electron chi connectivity index (χ4n) is 1.45. The molecule has 1 aliphatic rings. The van der Waals surface area contributed by atoms with Crippen LogP contribution >= 0.6 is 15.9 Å². The maximum atomic E-state index is 13.1. The predicted molar refractivity (Wildman–Crippen MR) is 63.9 cm³/mol. The molecule has 0 amide bonds. The molecule has 1 aromatic carbocycles. The number of benzene rings is 1. The molecule has 0 bridgehead atoms. The van der Waals surface area contributed by atoms with Crippen LogP contribution in [0.3, 0.4) is 0 Å². The first-order valence-electron chi connectivity index (χ1n) is 5.21. The zero-order chi connectivity index (χ0) is 16.9. The Bertz CT molecular complexity index is 645. The van der Waals surface area contributed by atoms with Gasteiger partial charge in [-0.25, -0.2) is 4.99 Å². The van der Waals surface area contributed by atoms with Crippen LogP contribution in [0.5, 0.6) is 11.5 Å². The minimum absolute atomic E-state index is 0.283. The molecule has 0 atom stereocenters. The van der Waals surface area contributed by atoms with Crippen LogP contribution in [0.1, 0.15) is 0 Å². The molecule has 2 rings (SSSR count). The van der Waals surface area contributed by atoms with E-state index in [2.05, 4.69) is 30.4 Å². The summed E-state index contributed by atoms with van der Waals surface area (Å²) >= 11 is 2.73. The fourth-order valence-corrected chi connectivity index (χ4v) is 1.98. The second-order valence-corrected chi connectivity index (χ2v) is 4.84. The lowest BCUT2D eigenvalue weighted by molar-refractivity contribution is -0.391. The van der Waals surface area contributed by atoms with Crippen LogP contribution in [0.2, 0.25) is 0 Å². The Labute approximate surface area is 125 Å².